The van der Waals surface area contributed by atoms with Gasteiger partial charge in [0.1, 0.15) is 18.1 Å². The summed E-state index contributed by atoms with van der Waals surface area (Å²) in [6.45, 7) is 2.30. The maximum Gasteiger partial charge on any atom is 0.274 e. The number of rotatable bonds is 6. The predicted molar refractivity (Wildman–Crippen MR) is 93.1 cm³/mol. The topological polar surface area (TPSA) is 76.0 Å². The summed E-state index contributed by atoms with van der Waals surface area (Å²) in [4.78, 5) is 20.7. The Balaban J connectivity index is 1.62. The fraction of sp³-hybridized carbons (Fsp3) is 0.278. The van der Waals surface area contributed by atoms with Gasteiger partial charge in [-0.3, -0.25) is 9.48 Å². The normalized spacial score (nSPS) is 12.0. The highest BCUT2D eigenvalue weighted by Crippen LogP contribution is 2.23. The number of aryl methyl sites for hydroxylation is 1. The van der Waals surface area contributed by atoms with E-state index < -0.39 is 0 Å². The molecule has 25 heavy (non-hydrogen) atoms. The van der Waals surface area contributed by atoms with Crippen LogP contribution in [-0.2, 0) is 7.05 Å². The molecule has 0 bridgehead atoms. The molecule has 0 saturated carbocycles. The summed E-state index contributed by atoms with van der Waals surface area (Å²) in [6.07, 6.45) is 6.80. The van der Waals surface area contributed by atoms with Gasteiger partial charge < -0.3 is 14.6 Å². The molecule has 1 unspecified atom stereocenters. The summed E-state index contributed by atoms with van der Waals surface area (Å²) in [5.74, 6) is 0.557. The van der Waals surface area contributed by atoms with E-state index in [1.54, 1.807) is 35.1 Å². The van der Waals surface area contributed by atoms with Crippen molar-refractivity contribution < 1.29 is 9.53 Å². The third-order valence-electron chi connectivity index (χ3n) is 3.99. The van der Waals surface area contributed by atoms with Crippen LogP contribution in [0, 0.1) is 6.07 Å². The number of imidazole rings is 1. The van der Waals surface area contributed by atoms with E-state index >= 15 is 0 Å². The van der Waals surface area contributed by atoms with Gasteiger partial charge >= 0.3 is 0 Å². The number of ether oxygens (including phenoxy) is 1. The van der Waals surface area contributed by atoms with Gasteiger partial charge in [0.15, 0.2) is 0 Å². The van der Waals surface area contributed by atoms with E-state index in [1.807, 2.05) is 32.3 Å². The summed E-state index contributed by atoms with van der Waals surface area (Å²) < 4.78 is 7.60. The van der Waals surface area contributed by atoms with Gasteiger partial charge in [-0.2, -0.15) is 5.10 Å². The molecule has 2 aromatic heterocycles. The third-order valence-corrected chi connectivity index (χ3v) is 3.99. The smallest absolute Gasteiger partial charge is 0.274 e. The number of aromatic amines is 1. The minimum absolute atomic E-state index is 0.105. The highest BCUT2D eigenvalue weighted by Gasteiger charge is 2.19. The van der Waals surface area contributed by atoms with Crippen LogP contribution < -0.4 is 4.74 Å². The fourth-order valence-corrected chi connectivity index (χ4v) is 2.36. The summed E-state index contributed by atoms with van der Waals surface area (Å²) >= 11 is 0. The van der Waals surface area contributed by atoms with Crippen molar-refractivity contribution in [3.05, 3.63) is 54.9 Å². The molecule has 1 N–H and O–H groups in total. The van der Waals surface area contributed by atoms with E-state index in [0.717, 1.165) is 11.1 Å². The molecule has 129 valence electrons. The first-order chi connectivity index (χ1) is 12.0. The molecule has 7 nitrogen and oxygen atoms in total. The Labute approximate surface area is 146 Å². The maximum absolute atomic E-state index is 12.3. The number of amides is 1. The summed E-state index contributed by atoms with van der Waals surface area (Å²) in [6, 6.07) is 8.58. The van der Waals surface area contributed by atoms with Crippen LogP contribution in [0.1, 0.15) is 17.4 Å². The first-order valence-corrected chi connectivity index (χ1v) is 7.93. The first-order valence-electron chi connectivity index (χ1n) is 7.93. The first kappa shape index (κ1) is 16.8. The van der Waals surface area contributed by atoms with E-state index in [4.69, 9.17) is 4.74 Å². The molecule has 0 saturated heterocycles. The average molecular weight is 338 g/mol. The zero-order chi connectivity index (χ0) is 17.8. The second kappa shape index (κ2) is 7.21. The highest BCUT2D eigenvalue weighted by atomic mass is 16.5. The number of nitrogens with one attached hydrogen (secondary N) is 1. The van der Waals surface area contributed by atoms with Crippen molar-refractivity contribution in [1.29, 1.82) is 0 Å². The van der Waals surface area contributed by atoms with E-state index in [1.165, 1.54) is 6.33 Å². The third kappa shape index (κ3) is 3.88. The average Bonchev–Trinajstić information content (AvgIpc) is 3.30. The van der Waals surface area contributed by atoms with Crippen LogP contribution in [0.4, 0.5) is 0 Å². The number of likely N-dealkylation sites (N-methyl/N-ethyl adjacent to an activating group) is 1. The van der Waals surface area contributed by atoms with Crippen LogP contribution in [0.5, 0.6) is 5.75 Å². The van der Waals surface area contributed by atoms with Gasteiger partial charge in [0.05, 0.1) is 18.6 Å². The lowest BCUT2D eigenvalue weighted by atomic mass is 10.1. The Morgan fingerprint density at radius 2 is 2.28 bits per heavy atom. The van der Waals surface area contributed by atoms with Crippen molar-refractivity contribution in [3.63, 3.8) is 0 Å². The number of nitrogens with zero attached hydrogens (tertiary/aromatic N) is 4. The Morgan fingerprint density at radius 1 is 1.44 bits per heavy atom. The van der Waals surface area contributed by atoms with Crippen molar-refractivity contribution in [2.45, 2.75) is 13.0 Å². The Kier molecular flexibility index (Phi) is 4.83. The second-order valence-corrected chi connectivity index (χ2v) is 5.89. The van der Waals surface area contributed by atoms with Crippen LogP contribution in [0.3, 0.4) is 0 Å². The molecule has 1 radical (unpaired) electrons. The maximum atomic E-state index is 12.3. The number of hydrogen-bond acceptors (Lipinski definition) is 4. The van der Waals surface area contributed by atoms with Crippen molar-refractivity contribution in [2.24, 2.45) is 7.05 Å². The van der Waals surface area contributed by atoms with Gasteiger partial charge in [-0.1, -0.05) is 0 Å². The molecule has 1 amide bonds. The van der Waals surface area contributed by atoms with Crippen molar-refractivity contribution in [1.82, 2.24) is 24.6 Å². The monoisotopic (exact) mass is 338 g/mol. The van der Waals surface area contributed by atoms with E-state index in [-0.39, 0.29) is 11.9 Å². The standard InChI is InChI=1S/C18H20N5O2/c1-13(23(3)18(24)17-9-19-12-20-17)11-25-16-6-4-5-14(7-16)15-8-21-22(2)10-15/h5-10,12-13H,11H2,1-3H3,(H,19,20). The van der Waals surface area contributed by atoms with Gasteiger partial charge in [-0.25, -0.2) is 4.98 Å². The molecule has 7 heteroatoms. The summed E-state index contributed by atoms with van der Waals surface area (Å²) in [5.41, 5.74) is 2.38. The van der Waals surface area contributed by atoms with Crippen molar-refractivity contribution in [3.8, 4) is 16.9 Å². The lowest BCUT2D eigenvalue weighted by Gasteiger charge is -2.24. The molecule has 0 aliphatic rings. The van der Waals surface area contributed by atoms with Crippen molar-refractivity contribution >= 4 is 5.91 Å². The molecule has 3 rings (SSSR count). The number of H-pyrrole nitrogens is 1. The number of carbonyl (C=O) groups is 1. The molecule has 3 aromatic rings. The molecule has 1 atom stereocenters. The molecule has 0 spiro atoms. The minimum Gasteiger partial charge on any atom is -0.491 e. The Morgan fingerprint density at radius 3 is 2.96 bits per heavy atom. The lowest BCUT2D eigenvalue weighted by molar-refractivity contribution is 0.0691. The molecule has 0 aliphatic carbocycles. The van der Waals surface area contributed by atoms with Crippen LogP contribution in [0.25, 0.3) is 11.1 Å². The molecule has 2 heterocycles. The van der Waals surface area contributed by atoms with Gasteiger partial charge in [0, 0.05) is 32.1 Å². The van der Waals surface area contributed by atoms with Crippen molar-refractivity contribution in [2.75, 3.05) is 13.7 Å². The number of carbonyl (C=O) groups excluding carboxylic acids is 1. The van der Waals surface area contributed by atoms with Gasteiger partial charge in [0.25, 0.3) is 5.91 Å². The minimum atomic E-state index is -0.145. The molecular formula is C18H20N5O2. The zero-order valence-electron chi connectivity index (χ0n) is 14.4. The number of benzene rings is 1. The van der Waals surface area contributed by atoms with Crippen LogP contribution in [0.2, 0.25) is 0 Å². The molecule has 1 aromatic carbocycles. The number of aromatic nitrogens is 4. The van der Waals surface area contributed by atoms with Gasteiger partial charge in [-0.15, -0.1) is 0 Å². The molecular weight excluding hydrogens is 318 g/mol. The number of hydrogen-bond donors (Lipinski definition) is 1. The van der Waals surface area contributed by atoms with E-state index in [9.17, 15) is 4.79 Å². The van der Waals surface area contributed by atoms with Crippen LogP contribution in [-0.4, -0.2) is 50.3 Å². The fourth-order valence-electron chi connectivity index (χ4n) is 2.36. The SMILES string of the molecule is CC(COc1c[c]cc(-c2cnn(C)c2)c1)N(C)C(=O)c1c[nH]cn1. The second-order valence-electron chi connectivity index (χ2n) is 5.89. The highest BCUT2D eigenvalue weighted by molar-refractivity contribution is 5.92. The summed E-state index contributed by atoms with van der Waals surface area (Å²) in [5, 5.41) is 4.17. The van der Waals surface area contributed by atoms with Gasteiger partial charge in [0.2, 0.25) is 0 Å². The van der Waals surface area contributed by atoms with Gasteiger partial charge in [-0.05, 0) is 36.8 Å². The quantitative estimate of drug-likeness (QED) is 0.747. The van der Waals surface area contributed by atoms with Crippen LogP contribution in [0.15, 0.2) is 43.1 Å². The predicted octanol–water partition coefficient (Wildman–Crippen LogP) is 2.15. The Hall–Kier alpha value is -3.09. The van der Waals surface area contributed by atoms with E-state index in [0.29, 0.717) is 18.1 Å². The Bertz CT molecular complexity index is 841. The summed E-state index contributed by atoms with van der Waals surface area (Å²) in [7, 11) is 3.62. The largest absolute Gasteiger partial charge is 0.491 e. The van der Waals surface area contributed by atoms with E-state index in [2.05, 4.69) is 21.1 Å². The zero-order valence-corrected chi connectivity index (χ0v) is 14.4. The molecule has 0 aliphatic heterocycles. The molecule has 0 fully saturated rings. The van der Waals surface area contributed by atoms with Crippen LogP contribution >= 0.6 is 0 Å². The lowest BCUT2D eigenvalue weighted by Crippen LogP contribution is -2.39.